The van der Waals surface area contributed by atoms with Gasteiger partial charge in [-0.1, -0.05) is 0 Å². The molecule has 0 fully saturated rings. The van der Waals surface area contributed by atoms with Crippen molar-refractivity contribution in [3.63, 3.8) is 0 Å². The summed E-state index contributed by atoms with van der Waals surface area (Å²) in [6.45, 7) is 0. The summed E-state index contributed by atoms with van der Waals surface area (Å²) in [5, 5.41) is 17.0. The second-order valence-corrected chi connectivity index (χ2v) is 2.45. The third-order valence-corrected chi connectivity index (χ3v) is 1.36. The van der Waals surface area contributed by atoms with E-state index in [1.807, 2.05) is 6.07 Å². The number of anilines is 1. The molecule has 0 unspecified atom stereocenters. The second kappa shape index (κ2) is 3.54. The average molecular weight is 177 g/mol. The highest BCUT2D eigenvalue weighted by Gasteiger charge is 2.04. The molecule has 1 heterocycles. The zero-order chi connectivity index (χ0) is 9.84. The van der Waals surface area contributed by atoms with Crippen molar-refractivity contribution in [1.29, 1.82) is 5.26 Å². The van der Waals surface area contributed by atoms with E-state index in [-0.39, 0.29) is 12.2 Å². The zero-order valence-corrected chi connectivity index (χ0v) is 6.69. The Morgan fingerprint density at radius 3 is 2.92 bits per heavy atom. The van der Waals surface area contributed by atoms with Crippen molar-refractivity contribution < 1.29 is 9.90 Å². The van der Waals surface area contributed by atoms with Crippen molar-refractivity contribution in [1.82, 2.24) is 4.98 Å². The number of hydrogen-bond donors (Lipinski definition) is 2. The number of aromatic nitrogens is 1. The van der Waals surface area contributed by atoms with Gasteiger partial charge in [-0.15, -0.1) is 0 Å². The Kier molecular flexibility index (Phi) is 2.45. The van der Waals surface area contributed by atoms with Crippen LogP contribution in [0.4, 0.5) is 5.82 Å². The minimum absolute atomic E-state index is 0.162. The predicted octanol–water partition coefficient (Wildman–Crippen LogP) is 0.163. The van der Waals surface area contributed by atoms with E-state index in [0.717, 1.165) is 0 Å². The lowest BCUT2D eigenvalue weighted by Crippen LogP contribution is -2.04. The molecule has 0 aliphatic carbocycles. The Labute approximate surface area is 74.4 Å². The van der Waals surface area contributed by atoms with Gasteiger partial charge in [0.25, 0.3) is 0 Å². The van der Waals surface area contributed by atoms with Crippen LogP contribution in [0.15, 0.2) is 12.1 Å². The molecule has 0 atom stereocenters. The van der Waals surface area contributed by atoms with Crippen molar-refractivity contribution in [2.24, 2.45) is 0 Å². The summed E-state index contributed by atoms with van der Waals surface area (Å²) in [7, 11) is 0. The third kappa shape index (κ3) is 2.45. The lowest BCUT2D eigenvalue weighted by atomic mass is 10.2. The normalized spacial score (nSPS) is 9.15. The van der Waals surface area contributed by atoms with Gasteiger partial charge in [-0.25, -0.2) is 4.98 Å². The molecule has 0 radical (unpaired) electrons. The molecule has 0 bridgehead atoms. The van der Waals surface area contributed by atoms with Crippen LogP contribution in [0.25, 0.3) is 0 Å². The van der Waals surface area contributed by atoms with Crippen LogP contribution >= 0.6 is 0 Å². The smallest absolute Gasteiger partial charge is 0.309 e. The monoisotopic (exact) mass is 177 g/mol. The molecule has 5 heteroatoms. The standard InChI is InChI=1S/C8H7N3O2/c9-4-5-1-6(3-8(12)13)11-7(10)2-5/h1-2H,3H2,(H2,10,11)(H,12,13). The van der Waals surface area contributed by atoms with Gasteiger partial charge in [-0.3, -0.25) is 4.79 Å². The van der Waals surface area contributed by atoms with Gasteiger partial charge >= 0.3 is 5.97 Å². The van der Waals surface area contributed by atoms with Gasteiger partial charge in [-0.05, 0) is 12.1 Å². The van der Waals surface area contributed by atoms with E-state index in [9.17, 15) is 4.79 Å². The minimum Gasteiger partial charge on any atom is -0.481 e. The van der Waals surface area contributed by atoms with E-state index in [2.05, 4.69) is 4.98 Å². The number of nitriles is 1. The number of hydrogen-bond acceptors (Lipinski definition) is 4. The van der Waals surface area contributed by atoms with Gasteiger partial charge in [0.05, 0.1) is 23.7 Å². The number of nitrogens with zero attached hydrogens (tertiary/aromatic N) is 2. The third-order valence-electron chi connectivity index (χ3n) is 1.36. The first-order valence-electron chi connectivity index (χ1n) is 3.50. The SMILES string of the molecule is N#Cc1cc(N)nc(CC(=O)O)c1. The highest BCUT2D eigenvalue weighted by Crippen LogP contribution is 2.06. The van der Waals surface area contributed by atoms with Crippen molar-refractivity contribution in [3.8, 4) is 6.07 Å². The van der Waals surface area contributed by atoms with Crippen LogP contribution in [0.1, 0.15) is 11.3 Å². The van der Waals surface area contributed by atoms with Crippen LogP contribution in [0.2, 0.25) is 0 Å². The van der Waals surface area contributed by atoms with Crippen LogP contribution in [-0.4, -0.2) is 16.1 Å². The fraction of sp³-hybridized carbons (Fsp3) is 0.125. The van der Waals surface area contributed by atoms with Crippen LogP contribution < -0.4 is 5.73 Å². The Balaban J connectivity index is 3.03. The maximum absolute atomic E-state index is 10.3. The van der Waals surface area contributed by atoms with Crippen LogP contribution in [-0.2, 0) is 11.2 Å². The summed E-state index contributed by atoms with van der Waals surface area (Å²) in [6.07, 6.45) is -0.223. The molecule has 5 nitrogen and oxygen atoms in total. The van der Waals surface area contributed by atoms with Gasteiger partial charge in [0.1, 0.15) is 5.82 Å². The van der Waals surface area contributed by atoms with Gasteiger partial charge in [0.15, 0.2) is 0 Å². The van der Waals surface area contributed by atoms with Crippen LogP contribution in [0.3, 0.4) is 0 Å². The van der Waals surface area contributed by atoms with Crippen molar-refractivity contribution in [3.05, 3.63) is 23.4 Å². The number of carboxylic acid groups (broad SMARTS) is 1. The van der Waals surface area contributed by atoms with E-state index < -0.39 is 5.97 Å². The molecule has 0 aromatic carbocycles. The number of carboxylic acids is 1. The number of aliphatic carboxylic acids is 1. The second-order valence-electron chi connectivity index (χ2n) is 2.45. The van der Waals surface area contributed by atoms with E-state index >= 15 is 0 Å². The van der Waals surface area contributed by atoms with Gasteiger partial charge in [0, 0.05) is 0 Å². The van der Waals surface area contributed by atoms with E-state index in [4.69, 9.17) is 16.1 Å². The molecule has 13 heavy (non-hydrogen) atoms. The molecule has 0 amide bonds. The van der Waals surface area contributed by atoms with Gasteiger partial charge in [-0.2, -0.15) is 5.26 Å². The molecule has 0 saturated carbocycles. The van der Waals surface area contributed by atoms with Crippen LogP contribution in [0.5, 0.6) is 0 Å². The zero-order valence-electron chi connectivity index (χ0n) is 6.69. The topological polar surface area (TPSA) is 100 Å². The molecular formula is C8H7N3O2. The fourth-order valence-corrected chi connectivity index (χ4v) is 0.921. The molecule has 0 saturated heterocycles. The highest BCUT2D eigenvalue weighted by molar-refractivity contribution is 5.69. The Morgan fingerprint density at radius 1 is 1.69 bits per heavy atom. The largest absolute Gasteiger partial charge is 0.481 e. The maximum atomic E-state index is 10.3. The number of pyridine rings is 1. The minimum atomic E-state index is -0.998. The van der Waals surface area contributed by atoms with Crippen LogP contribution in [0, 0.1) is 11.3 Å². The quantitative estimate of drug-likeness (QED) is 0.670. The summed E-state index contributed by atoms with van der Waals surface area (Å²) < 4.78 is 0. The molecule has 0 aliphatic rings. The van der Waals surface area contributed by atoms with Gasteiger partial charge in [0.2, 0.25) is 0 Å². The Bertz CT molecular complexity index is 381. The van der Waals surface area contributed by atoms with E-state index in [0.29, 0.717) is 11.3 Å². The highest BCUT2D eigenvalue weighted by atomic mass is 16.4. The summed E-state index contributed by atoms with van der Waals surface area (Å²) in [5.41, 5.74) is 5.97. The maximum Gasteiger partial charge on any atom is 0.309 e. The molecule has 0 spiro atoms. The molecular weight excluding hydrogens is 170 g/mol. The van der Waals surface area contributed by atoms with Crippen molar-refractivity contribution >= 4 is 11.8 Å². The first-order chi connectivity index (χ1) is 6.11. The van der Waals surface area contributed by atoms with Crippen molar-refractivity contribution in [2.45, 2.75) is 6.42 Å². The number of nitrogens with two attached hydrogens (primary N) is 1. The first kappa shape index (κ1) is 9.00. The first-order valence-corrected chi connectivity index (χ1v) is 3.50. The summed E-state index contributed by atoms with van der Waals surface area (Å²) in [5.74, 6) is -0.836. The Hall–Kier alpha value is -2.09. The van der Waals surface area contributed by atoms with Crippen molar-refractivity contribution in [2.75, 3.05) is 5.73 Å². The average Bonchev–Trinajstić information content (AvgIpc) is 2.01. The predicted molar refractivity (Wildman–Crippen MR) is 44.7 cm³/mol. The molecule has 66 valence electrons. The molecule has 3 N–H and O–H groups in total. The molecule has 0 aliphatic heterocycles. The fourth-order valence-electron chi connectivity index (χ4n) is 0.921. The van der Waals surface area contributed by atoms with E-state index in [1.54, 1.807) is 0 Å². The van der Waals surface area contributed by atoms with E-state index in [1.165, 1.54) is 12.1 Å². The summed E-state index contributed by atoms with van der Waals surface area (Å²) in [6, 6.07) is 4.67. The summed E-state index contributed by atoms with van der Waals surface area (Å²) >= 11 is 0. The molecule has 1 aromatic rings. The Morgan fingerprint density at radius 2 is 2.38 bits per heavy atom. The molecule has 1 rings (SSSR count). The lowest BCUT2D eigenvalue weighted by molar-refractivity contribution is -0.136. The van der Waals surface area contributed by atoms with Gasteiger partial charge < -0.3 is 10.8 Å². The number of nitrogen functional groups attached to an aromatic ring is 1. The lowest BCUT2D eigenvalue weighted by Gasteiger charge is -1.98. The summed E-state index contributed by atoms with van der Waals surface area (Å²) in [4.78, 5) is 14.1. The molecule has 1 aromatic heterocycles. The number of rotatable bonds is 2. The number of carbonyl (C=O) groups is 1.